The molecule has 0 aliphatic heterocycles. The third-order valence-corrected chi connectivity index (χ3v) is 1.48. The number of halogens is 1. The summed E-state index contributed by atoms with van der Waals surface area (Å²) in [6.45, 7) is 7.83. The second kappa shape index (κ2) is 3.19. The number of hydrogen-bond donors (Lipinski definition) is 0. The molecule has 0 fully saturated rings. The Morgan fingerprint density at radius 1 is 1.33 bits per heavy atom. The van der Waals surface area contributed by atoms with Crippen LogP contribution in [-0.2, 0) is 0 Å². The molecular formula is C8H17F. The van der Waals surface area contributed by atoms with Crippen LogP contribution in [-0.4, -0.2) is 6.17 Å². The van der Waals surface area contributed by atoms with E-state index in [1.165, 1.54) is 0 Å². The molecule has 0 aliphatic rings. The van der Waals surface area contributed by atoms with Crippen molar-refractivity contribution in [1.82, 2.24) is 0 Å². The third kappa shape index (κ3) is 3.50. The van der Waals surface area contributed by atoms with Crippen LogP contribution in [0.4, 0.5) is 4.39 Å². The average Bonchev–Trinajstić information content (AvgIpc) is 1.64. The van der Waals surface area contributed by atoms with E-state index in [1.54, 1.807) is 0 Å². The maximum Gasteiger partial charge on any atom is 0.105 e. The van der Waals surface area contributed by atoms with Crippen LogP contribution in [0.15, 0.2) is 0 Å². The SMILES string of the molecule is CCCC(F)C(C)(C)C. The largest absolute Gasteiger partial charge is 0.247 e. The second-order valence-electron chi connectivity index (χ2n) is 3.62. The molecule has 0 radical (unpaired) electrons. The standard InChI is InChI=1S/C8H17F/c1-5-6-7(9)8(2,3)4/h7H,5-6H2,1-4H3. The predicted molar refractivity (Wildman–Crippen MR) is 39.3 cm³/mol. The molecule has 0 bridgehead atoms. The highest BCUT2D eigenvalue weighted by Crippen LogP contribution is 2.25. The van der Waals surface area contributed by atoms with Gasteiger partial charge in [0.1, 0.15) is 6.17 Å². The molecule has 9 heavy (non-hydrogen) atoms. The number of rotatable bonds is 2. The fraction of sp³-hybridized carbons (Fsp3) is 1.00. The molecule has 1 unspecified atom stereocenters. The zero-order chi connectivity index (χ0) is 7.49. The van der Waals surface area contributed by atoms with Gasteiger partial charge in [-0.05, 0) is 11.8 Å². The maximum absolute atomic E-state index is 12.9. The summed E-state index contributed by atoms with van der Waals surface area (Å²) < 4.78 is 12.9. The molecule has 1 atom stereocenters. The fourth-order valence-corrected chi connectivity index (χ4v) is 0.686. The van der Waals surface area contributed by atoms with Crippen LogP contribution in [0.1, 0.15) is 40.5 Å². The molecule has 0 N–H and O–H groups in total. The second-order valence-corrected chi connectivity index (χ2v) is 3.62. The topological polar surface area (TPSA) is 0 Å². The summed E-state index contributed by atoms with van der Waals surface area (Å²) in [7, 11) is 0. The zero-order valence-electron chi connectivity index (χ0n) is 6.87. The Balaban J connectivity index is 3.59. The van der Waals surface area contributed by atoms with Gasteiger partial charge in [-0.2, -0.15) is 0 Å². The lowest BCUT2D eigenvalue weighted by Crippen LogP contribution is -2.21. The quantitative estimate of drug-likeness (QED) is 0.541. The van der Waals surface area contributed by atoms with E-state index in [-0.39, 0.29) is 5.41 Å². The molecule has 0 rings (SSSR count). The van der Waals surface area contributed by atoms with Crippen molar-refractivity contribution in [3.63, 3.8) is 0 Å². The van der Waals surface area contributed by atoms with E-state index >= 15 is 0 Å². The monoisotopic (exact) mass is 132 g/mol. The Morgan fingerprint density at radius 3 is 1.89 bits per heavy atom. The van der Waals surface area contributed by atoms with Gasteiger partial charge in [0.05, 0.1) is 0 Å². The molecule has 0 heterocycles. The van der Waals surface area contributed by atoms with Crippen LogP contribution >= 0.6 is 0 Å². The van der Waals surface area contributed by atoms with Crippen molar-refractivity contribution in [1.29, 1.82) is 0 Å². The van der Waals surface area contributed by atoms with Crippen LogP contribution in [0.3, 0.4) is 0 Å². The van der Waals surface area contributed by atoms with Gasteiger partial charge in [-0.25, -0.2) is 4.39 Å². The molecule has 0 aromatic rings. The Morgan fingerprint density at radius 2 is 1.78 bits per heavy atom. The first kappa shape index (κ1) is 8.93. The molecule has 1 heteroatoms. The number of alkyl halides is 1. The van der Waals surface area contributed by atoms with Gasteiger partial charge in [-0.15, -0.1) is 0 Å². The van der Waals surface area contributed by atoms with Crippen molar-refractivity contribution >= 4 is 0 Å². The van der Waals surface area contributed by atoms with Crippen molar-refractivity contribution in [3.8, 4) is 0 Å². The molecular weight excluding hydrogens is 115 g/mol. The van der Waals surface area contributed by atoms with E-state index in [1.807, 2.05) is 27.7 Å². The third-order valence-electron chi connectivity index (χ3n) is 1.48. The summed E-state index contributed by atoms with van der Waals surface area (Å²) in [4.78, 5) is 0. The summed E-state index contributed by atoms with van der Waals surface area (Å²) in [5.74, 6) is 0. The smallest absolute Gasteiger partial charge is 0.105 e. The van der Waals surface area contributed by atoms with Crippen molar-refractivity contribution in [3.05, 3.63) is 0 Å². The van der Waals surface area contributed by atoms with E-state index in [0.717, 1.165) is 6.42 Å². The van der Waals surface area contributed by atoms with Crippen LogP contribution in [0.25, 0.3) is 0 Å². The molecule has 0 saturated carbocycles. The molecule has 0 spiro atoms. The lowest BCUT2D eigenvalue weighted by molar-refractivity contribution is 0.151. The summed E-state index contributed by atoms with van der Waals surface area (Å²) in [6.07, 6.45) is 1.00. The Kier molecular flexibility index (Phi) is 3.16. The van der Waals surface area contributed by atoms with Crippen LogP contribution in [0.2, 0.25) is 0 Å². The molecule has 0 aromatic heterocycles. The van der Waals surface area contributed by atoms with Gasteiger partial charge in [0.15, 0.2) is 0 Å². The van der Waals surface area contributed by atoms with E-state index < -0.39 is 6.17 Å². The van der Waals surface area contributed by atoms with E-state index in [4.69, 9.17) is 0 Å². The lowest BCUT2D eigenvalue weighted by Gasteiger charge is -2.22. The van der Waals surface area contributed by atoms with Crippen molar-refractivity contribution < 1.29 is 4.39 Å². The average molecular weight is 132 g/mol. The van der Waals surface area contributed by atoms with Crippen LogP contribution in [0, 0.1) is 5.41 Å². The Bertz CT molecular complexity index is 71.1. The number of hydrogen-bond acceptors (Lipinski definition) is 0. The molecule has 0 amide bonds. The van der Waals surface area contributed by atoms with Gasteiger partial charge in [-0.1, -0.05) is 34.1 Å². The zero-order valence-corrected chi connectivity index (χ0v) is 6.87. The molecule has 0 nitrogen and oxygen atoms in total. The Hall–Kier alpha value is -0.0700. The summed E-state index contributed by atoms with van der Waals surface area (Å²) in [5, 5.41) is 0. The van der Waals surface area contributed by atoms with Crippen LogP contribution in [0.5, 0.6) is 0 Å². The normalized spacial score (nSPS) is 15.7. The highest BCUT2D eigenvalue weighted by Gasteiger charge is 2.22. The van der Waals surface area contributed by atoms with Gasteiger partial charge in [0, 0.05) is 0 Å². The van der Waals surface area contributed by atoms with Crippen molar-refractivity contribution in [2.24, 2.45) is 5.41 Å². The fourth-order valence-electron chi connectivity index (χ4n) is 0.686. The van der Waals surface area contributed by atoms with Gasteiger partial charge < -0.3 is 0 Å². The highest BCUT2D eigenvalue weighted by atomic mass is 19.1. The maximum atomic E-state index is 12.9. The van der Waals surface area contributed by atoms with Crippen molar-refractivity contribution in [2.75, 3.05) is 0 Å². The first-order valence-corrected chi connectivity index (χ1v) is 3.62. The first-order valence-electron chi connectivity index (χ1n) is 3.62. The Labute approximate surface area is 57.5 Å². The van der Waals surface area contributed by atoms with Gasteiger partial charge in [0.25, 0.3) is 0 Å². The van der Waals surface area contributed by atoms with Crippen molar-refractivity contribution in [2.45, 2.75) is 46.7 Å². The van der Waals surface area contributed by atoms with Gasteiger partial charge in [0.2, 0.25) is 0 Å². The van der Waals surface area contributed by atoms with E-state index in [9.17, 15) is 4.39 Å². The lowest BCUT2D eigenvalue weighted by atomic mass is 9.88. The van der Waals surface area contributed by atoms with E-state index in [2.05, 4.69) is 0 Å². The molecule has 0 aromatic carbocycles. The van der Waals surface area contributed by atoms with Gasteiger partial charge in [-0.3, -0.25) is 0 Å². The minimum atomic E-state index is -0.637. The molecule has 56 valence electrons. The molecule has 0 saturated heterocycles. The summed E-state index contributed by atoms with van der Waals surface area (Å²) in [6, 6.07) is 0. The highest BCUT2D eigenvalue weighted by molar-refractivity contribution is 4.71. The summed E-state index contributed by atoms with van der Waals surface area (Å²) in [5.41, 5.74) is -0.157. The van der Waals surface area contributed by atoms with E-state index in [0.29, 0.717) is 6.42 Å². The summed E-state index contributed by atoms with van der Waals surface area (Å²) >= 11 is 0. The molecule has 0 aliphatic carbocycles. The van der Waals surface area contributed by atoms with Gasteiger partial charge >= 0.3 is 0 Å². The van der Waals surface area contributed by atoms with Crippen LogP contribution < -0.4 is 0 Å². The minimum Gasteiger partial charge on any atom is -0.247 e. The predicted octanol–water partition coefficient (Wildman–Crippen LogP) is 3.17. The minimum absolute atomic E-state index is 0.157. The first-order chi connectivity index (χ1) is 3.98.